The molecule has 7 heteroatoms. The van der Waals surface area contributed by atoms with Gasteiger partial charge >= 0.3 is 0 Å². The Labute approximate surface area is 125 Å². The van der Waals surface area contributed by atoms with Crippen LogP contribution in [0.5, 0.6) is 0 Å². The van der Waals surface area contributed by atoms with Gasteiger partial charge < -0.3 is 9.47 Å². The molecule has 0 spiro atoms. The van der Waals surface area contributed by atoms with Crippen LogP contribution in [-0.4, -0.2) is 36.5 Å². The van der Waals surface area contributed by atoms with Gasteiger partial charge in [-0.3, -0.25) is 4.79 Å². The van der Waals surface area contributed by atoms with E-state index in [1.165, 1.54) is 4.52 Å². The fourth-order valence-electron chi connectivity index (χ4n) is 2.61. The van der Waals surface area contributed by atoms with Crippen molar-refractivity contribution in [2.75, 3.05) is 6.54 Å². The van der Waals surface area contributed by atoms with Crippen LogP contribution in [0.4, 0.5) is 0 Å². The molecule has 21 heavy (non-hydrogen) atoms. The molecule has 0 N–H and O–H groups in total. The van der Waals surface area contributed by atoms with Crippen LogP contribution in [0.15, 0.2) is 36.8 Å². The first-order valence-electron chi connectivity index (χ1n) is 6.65. The Hall–Kier alpha value is -2.34. The minimum atomic E-state index is -0.0796. The molecule has 0 atom stereocenters. The Bertz CT molecular complexity index is 837. The standard InChI is InChI=1S/C14H12ClN5O/c15-10-7-16-13-6-12(17-20(13)8-10)14(21)19-5-4-18-3-1-2-11(18)9-19/h1-3,6-8H,4-5,9H2. The Morgan fingerprint density at radius 3 is 3.14 bits per heavy atom. The fraction of sp³-hybridized carbons (Fsp3) is 0.214. The molecule has 0 radical (unpaired) electrons. The Kier molecular flexibility index (Phi) is 2.71. The highest BCUT2D eigenvalue weighted by atomic mass is 35.5. The van der Waals surface area contributed by atoms with Crippen LogP contribution in [0.2, 0.25) is 5.02 Å². The van der Waals surface area contributed by atoms with Crippen LogP contribution in [0, 0.1) is 0 Å². The zero-order chi connectivity index (χ0) is 14.4. The van der Waals surface area contributed by atoms with Crippen LogP contribution in [0.25, 0.3) is 5.65 Å². The molecular weight excluding hydrogens is 290 g/mol. The van der Waals surface area contributed by atoms with Gasteiger partial charge in [0.25, 0.3) is 5.91 Å². The molecule has 106 valence electrons. The first-order valence-corrected chi connectivity index (χ1v) is 7.03. The van der Waals surface area contributed by atoms with Gasteiger partial charge in [-0.2, -0.15) is 5.10 Å². The zero-order valence-corrected chi connectivity index (χ0v) is 11.9. The van der Waals surface area contributed by atoms with E-state index in [0.29, 0.717) is 29.5 Å². The quantitative estimate of drug-likeness (QED) is 0.689. The lowest BCUT2D eigenvalue weighted by Gasteiger charge is -2.28. The fourth-order valence-corrected chi connectivity index (χ4v) is 2.75. The minimum Gasteiger partial charge on any atom is -0.348 e. The third-order valence-corrected chi connectivity index (χ3v) is 3.87. The van der Waals surface area contributed by atoms with Crippen LogP contribution in [0.3, 0.4) is 0 Å². The molecule has 0 fully saturated rings. The summed E-state index contributed by atoms with van der Waals surface area (Å²) < 4.78 is 3.69. The second-order valence-corrected chi connectivity index (χ2v) is 5.46. The lowest BCUT2D eigenvalue weighted by Crippen LogP contribution is -2.38. The summed E-state index contributed by atoms with van der Waals surface area (Å²) in [6.45, 7) is 2.10. The molecule has 1 aliphatic heterocycles. The van der Waals surface area contributed by atoms with Crippen molar-refractivity contribution in [3.8, 4) is 0 Å². The summed E-state index contributed by atoms with van der Waals surface area (Å²) in [5.74, 6) is -0.0796. The van der Waals surface area contributed by atoms with Gasteiger partial charge in [-0.05, 0) is 12.1 Å². The van der Waals surface area contributed by atoms with E-state index >= 15 is 0 Å². The normalized spacial score (nSPS) is 14.4. The molecule has 0 saturated heterocycles. The predicted octanol–water partition coefficient (Wildman–Crippen LogP) is 1.84. The van der Waals surface area contributed by atoms with Gasteiger partial charge in [-0.25, -0.2) is 9.50 Å². The SMILES string of the molecule is O=C(c1cc2ncc(Cl)cn2n1)N1CCn2cccc2C1. The summed E-state index contributed by atoms with van der Waals surface area (Å²) in [4.78, 5) is 18.5. The molecule has 1 amide bonds. The average molecular weight is 302 g/mol. The van der Waals surface area contributed by atoms with E-state index in [2.05, 4.69) is 14.6 Å². The van der Waals surface area contributed by atoms with E-state index in [4.69, 9.17) is 11.6 Å². The summed E-state index contributed by atoms with van der Waals surface area (Å²) in [5, 5.41) is 4.75. The highest BCUT2D eigenvalue weighted by Crippen LogP contribution is 2.16. The van der Waals surface area contributed by atoms with Crippen molar-refractivity contribution in [1.29, 1.82) is 0 Å². The van der Waals surface area contributed by atoms with E-state index in [-0.39, 0.29) is 5.91 Å². The number of aromatic nitrogens is 4. The Morgan fingerprint density at radius 2 is 2.24 bits per heavy atom. The molecule has 0 saturated carbocycles. The lowest BCUT2D eigenvalue weighted by molar-refractivity contribution is 0.0705. The number of hydrogen-bond acceptors (Lipinski definition) is 3. The molecule has 3 aromatic rings. The van der Waals surface area contributed by atoms with E-state index in [1.54, 1.807) is 23.4 Å². The molecule has 0 aromatic carbocycles. The molecule has 6 nitrogen and oxygen atoms in total. The van der Waals surface area contributed by atoms with Gasteiger partial charge in [0.2, 0.25) is 0 Å². The van der Waals surface area contributed by atoms with Crippen LogP contribution < -0.4 is 0 Å². The highest BCUT2D eigenvalue weighted by Gasteiger charge is 2.23. The van der Waals surface area contributed by atoms with Gasteiger partial charge in [-0.1, -0.05) is 11.6 Å². The van der Waals surface area contributed by atoms with Crippen molar-refractivity contribution in [3.63, 3.8) is 0 Å². The largest absolute Gasteiger partial charge is 0.348 e. The maximum atomic E-state index is 12.6. The van der Waals surface area contributed by atoms with Gasteiger partial charge in [0, 0.05) is 37.2 Å². The summed E-state index contributed by atoms with van der Waals surface area (Å²) in [7, 11) is 0. The maximum absolute atomic E-state index is 12.6. The van der Waals surface area contributed by atoms with E-state index in [0.717, 1.165) is 12.2 Å². The van der Waals surface area contributed by atoms with Crippen LogP contribution >= 0.6 is 11.6 Å². The van der Waals surface area contributed by atoms with Crippen molar-refractivity contribution in [3.05, 3.63) is 53.2 Å². The molecule has 4 heterocycles. The molecule has 0 unspecified atom stereocenters. The summed E-state index contributed by atoms with van der Waals surface area (Å²) in [5.41, 5.74) is 2.15. The highest BCUT2D eigenvalue weighted by molar-refractivity contribution is 6.30. The number of halogens is 1. The van der Waals surface area contributed by atoms with Crippen molar-refractivity contribution in [1.82, 2.24) is 24.1 Å². The van der Waals surface area contributed by atoms with Gasteiger partial charge in [-0.15, -0.1) is 0 Å². The zero-order valence-electron chi connectivity index (χ0n) is 11.1. The number of carbonyl (C=O) groups is 1. The minimum absolute atomic E-state index is 0.0796. The Morgan fingerprint density at radius 1 is 1.33 bits per heavy atom. The third-order valence-electron chi connectivity index (χ3n) is 3.68. The molecule has 4 rings (SSSR count). The number of rotatable bonds is 1. The molecular formula is C14H12ClN5O. The van der Waals surface area contributed by atoms with Crippen LogP contribution in [-0.2, 0) is 13.1 Å². The third kappa shape index (κ3) is 2.08. The van der Waals surface area contributed by atoms with Gasteiger partial charge in [0.1, 0.15) is 0 Å². The van der Waals surface area contributed by atoms with Gasteiger partial charge in [0.05, 0.1) is 17.8 Å². The second kappa shape index (κ2) is 4.60. The summed E-state index contributed by atoms with van der Waals surface area (Å²) in [6.07, 6.45) is 5.22. The molecule has 1 aliphatic rings. The summed E-state index contributed by atoms with van der Waals surface area (Å²) in [6, 6.07) is 5.72. The van der Waals surface area contributed by atoms with E-state index < -0.39 is 0 Å². The molecule has 3 aromatic heterocycles. The number of amides is 1. The number of carbonyl (C=O) groups excluding carboxylic acids is 1. The van der Waals surface area contributed by atoms with E-state index in [9.17, 15) is 4.79 Å². The van der Waals surface area contributed by atoms with Gasteiger partial charge in [0.15, 0.2) is 11.3 Å². The first kappa shape index (κ1) is 12.4. The smallest absolute Gasteiger partial charge is 0.274 e. The topological polar surface area (TPSA) is 55.4 Å². The number of nitrogens with zero attached hydrogens (tertiary/aromatic N) is 5. The predicted molar refractivity (Wildman–Crippen MR) is 77.2 cm³/mol. The monoisotopic (exact) mass is 301 g/mol. The lowest BCUT2D eigenvalue weighted by atomic mass is 10.2. The Balaban J connectivity index is 1.64. The number of hydrogen-bond donors (Lipinski definition) is 0. The first-order chi connectivity index (χ1) is 10.2. The van der Waals surface area contributed by atoms with E-state index in [1.807, 2.05) is 18.3 Å². The second-order valence-electron chi connectivity index (χ2n) is 5.02. The number of fused-ring (bicyclic) bond motifs is 2. The molecule has 0 aliphatic carbocycles. The van der Waals surface area contributed by atoms with Crippen molar-refractivity contribution in [2.24, 2.45) is 0 Å². The van der Waals surface area contributed by atoms with Crippen LogP contribution in [0.1, 0.15) is 16.2 Å². The molecule has 0 bridgehead atoms. The average Bonchev–Trinajstić information content (AvgIpc) is 3.11. The van der Waals surface area contributed by atoms with Crippen molar-refractivity contribution < 1.29 is 4.79 Å². The van der Waals surface area contributed by atoms with Crippen molar-refractivity contribution in [2.45, 2.75) is 13.1 Å². The maximum Gasteiger partial charge on any atom is 0.274 e. The van der Waals surface area contributed by atoms with Crippen molar-refractivity contribution >= 4 is 23.2 Å². The summed E-state index contributed by atoms with van der Waals surface area (Å²) >= 11 is 5.88.